The number of rotatable bonds is 2. The van der Waals surface area contributed by atoms with Gasteiger partial charge in [-0.3, -0.25) is 4.79 Å². The number of H-pyrrole nitrogens is 1. The molecule has 0 radical (unpaired) electrons. The lowest BCUT2D eigenvalue weighted by Gasteiger charge is -2.26. The number of aromatic nitrogens is 4. The van der Waals surface area contributed by atoms with Crippen LogP contribution >= 0.6 is 0 Å². The van der Waals surface area contributed by atoms with Crippen molar-refractivity contribution in [3.63, 3.8) is 0 Å². The number of aromatic amines is 1. The van der Waals surface area contributed by atoms with Crippen LogP contribution in [0.2, 0.25) is 0 Å². The number of aryl methyl sites for hydroxylation is 1. The Morgan fingerprint density at radius 1 is 1.20 bits per heavy atom. The molecule has 1 aromatic carbocycles. The number of nitrogens with zero attached hydrogens (tertiary/aromatic N) is 3. The quantitative estimate of drug-likeness (QED) is 0.473. The van der Waals surface area contributed by atoms with E-state index in [2.05, 4.69) is 21.0 Å². The van der Waals surface area contributed by atoms with Crippen molar-refractivity contribution in [2.75, 3.05) is 5.73 Å². The van der Waals surface area contributed by atoms with Gasteiger partial charge in [0.1, 0.15) is 17.8 Å². The zero-order valence-corrected chi connectivity index (χ0v) is 16.7. The predicted molar refractivity (Wildman–Crippen MR) is 117 cm³/mol. The number of aliphatic hydroxyl groups excluding tert-OH is 1. The summed E-state index contributed by atoms with van der Waals surface area (Å²) in [6, 6.07) is 7.94. The van der Waals surface area contributed by atoms with Crippen LogP contribution in [0.5, 0.6) is 0 Å². The average Bonchev–Trinajstić information content (AvgIpc) is 2.74. The molecule has 1 aliphatic rings. The molecule has 0 amide bonds. The maximum absolute atomic E-state index is 12.8. The molecule has 3 heterocycles. The first-order valence-corrected chi connectivity index (χ1v) is 10.2. The SMILES string of the molecule is Cc1c(-c2cc3cncnc3[nH]c2=O)c(N)nc2c(C3CCC(O)CC3)cccc12. The summed E-state index contributed by atoms with van der Waals surface area (Å²) in [6.45, 7) is 1.98. The maximum Gasteiger partial charge on any atom is 0.257 e. The van der Waals surface area contributed by atoms with Gasteiger partial charge in [-0.1, -0.05) is 18.2 Å². The molecule has 5 rings (SSSR count). The number of benzene rings is 1. The zero-order chi connectivity index (χ0) is 20.8. The minimum Gasteiger partial charge on any atom is -0.393 e. The van der Waals surface area contributed by atoms with E-state index < -0.39 is 0 Å². The Hall–Kier alpha value is -3.32. The zero-order valence-electron chi connectivity index (χ0n) is 16.7. The van der Waals surface area contributed by atoms with E-state index in [0.717, 1.165) is 47.5 Å². The summed E-state index contributed by atoms with van der Waals surface area (Å²) in [6.07, 6.45) is 6.36. The standard InChI is InChI=1S/C23H23N5O2/c1-12-16-3-2-4-17(13-5-7-15(29)8-6-13)20(16)27-21(24)19(12)18-9-14-10-25-11-26-22(14)28-23(18)30/h2-4,9-11,13,15,29H,5-8H2,1H3,(H2,24,27)(H,25,26,28,30). The number of hydrogen-bond donors (Lipinski definition) is 3. The molecular formula is C23H23N5O2. The monoisotopic (exact) mass is 401 g/mol. The first kappa shape index (κ1) is 18.7. The first-order valence-electron chi connectivity index (χ1n) is 10.2. The molecule has 0 atom stereocenters. The van der Waals surface area contributed by atoms with Crippen LogP contribution in [0.4, 0.5) is 5.82 Å². The van der Waals surface area contributed by atoms with Gasteiger partial charge in [0.05, 0.1) is 17.2 Å². The van der Waals surface area contributed by atoms with Crippen LogP contribution in [-0.2, 0) is 0 Å². The van der Waals surface area contributed by atoms with Crippen LogP contribution < -0.4 is 11.3 Å². The first-order chi connectivity index (χ1) is 14.5. The molecule has 30 heavy (non-hydrogen) atoms. The molecule has 0 spiro atoms. The molecule has 0 saturated heterocycles. The van der Waals surface area contributed by atoms with Crippen LogP contribution in [0.3, 0.4) is 0 Å². The third-order valence-corrected chi connectivity index (χ3v) is 6.26. The second-order valence-corrected chi connectivity index (χ2v) is 8.08. The Balaban J connectivity index is 1.70. The van der Waals surface area contributed by atoms with Crippen LogP contribution in [0.1, 0.15) is 42.7 Å². The number of anilines is 1. The van der Waals surface area contributed by atoms with E-state index in [0.29, 0.717) is 28.5 Å². The van der Waals surface area contributed by atoms with E-state index >= 15 is 0 Å². The molecule has 152 valence electrons. The van der Waals surface area contributed by atoms with Crippen molar-refractivity contribution >= 4 is 27.8 Å². The fourth-order valence-corrected chi connectivity index (χ4v) is 4.68. The second kappa shape index (κ2) is 7.18. The van der Waals surface area contributed by atoms with Gasteiger partial charge in [0.25, 0.3) is 5.56 Å². The summed E-state index contributed by atoms with van der Waals surface area (Å²) in [5.74, 6) is 0.695. The lowest BCUT2D eigenvalue weighted by Crippen LogP contribution is -2.17. The van der Waals surface area contributed by atoms with Crippen LogP contribution in [-0.4, -0.2) is 31.1 Å². The topological polar surface area (TPSA) is 118 Å². The summed E-state index contributed by atoms with van der Waals surface area (Å²) < 4.78 is 0. The molecule has 1 fully saturated rings. The molecule has 1 aliphatic carbocycles. The minimum absolute atomic E-state index is 0.203. The van der Waals surface area contributed by atoms with Crippen molar-refractivity contribution in [3.05, 3.63) is 58.3 Å². The van der Waals surface area contributed by atoms with Gasteiger partial charge in [0.15, 0.2) is 0 Å². The second-order valence-electron chi connectivity index (χ2n) is 8.08. The molecule has 4 aromatic rings. The van der Waals surface area contributed by atoms with Crippen LogP contribution in [0.25, 0.3) is 33.1 Å². The number of para-hydroxylation sites is 1. The normalized spacial score (nSPS) is 19.4. The van der Waals surface area contributed by atoms with Gasteiger partial charge < -0.3 is 15.8 Å². The molecule has 0 bridgehead atoms. The Bertz CT molecular complexity index is 1320. The van der Waals surface area contributed by atoms with E-state index in [1.165, 1.54) is 11.9 Å². The molecule has 0 aliphatic heterocycles. The summed E-state index contributed by atoms with van der Waals surface area (Å²) in [5.41, 5.74) is 10.7. The van der Waals surface area contributed by atoms with Crippen molar-refractivity contribution in [1.82, 2.24) is 19.9 Å². The van der Waals surface area contributed by atoms with Gasteiger partial charge in [-0.05, 0) is 55.7 Å². The highest BCUT2D eigenvalue weighted by Gasteiger charge is 2.24. The lowest BCUT2D eigenvalue weighted by molar-refractivity contribution is 0.122. The van der Waals surface area contributed by atoms with Crippen LogP contribution in [0, 0.1) is 6.92 Å². The minimum atomic E-state index is -0.255. The summed E-state index contributed by atoms with van der Waals surface area (Å²) in [5, 5.41) is 11.6. The van der Waals surface area contributed by atoms with Crippen molar-refractivity contribution in [2.24, 2.45) is 0 Å². The summed E-state index contributed by atoms with van der Waals surface area (Å²) in [4.78, 5) is 28.5. The van der Waals surface area contributed by atoms with Crippen molar-refractivity contribution < 1.29 is 5.11 Å². The van der Waals surface area contributed by atoms with Gasteiger partial charge in [-0.25, -0.2) is 15.0 Å². The third kappa shape index (κ3) is 3.02. The fourth-order valence-electron chi connectivity index (χ4n) is 4.68. The molecule has 7 heteroatoms. The molecule has 7 nitrogen and oxygen atoms in total. The number of aliphatic hydroxyl groups is 1. The van der Waals surface area contributed by atoms with E-state index in [-0.39, 0.29) is 11.7 Å². The van der Waals surface area contributed by atoms with Gasteiger partial charge >= 0.3 is 0 Å². The molecule has 4 N–H and O–H groups in total. The van der Waals surface area contributed by atoms with E-state index in [9.17, 15) is 9.90 Å². The van der Waals surface area contributed by atoms with Gasteiger partial charge in [-0.2, -0.15) is 0 Å². The van der Waals surface area contributed by atoms with Crippen molar-refractivity contribution in [2.45, 2.75) is 44.6 Å². The summed E-state index contributed by atoms with van der Waals surface area (Å²) >= 11 is 0. The largest absolute Gasteiger partial charge is 0.393 e. The number of fused-ring (bicyclic) bond motifs is 2. The molecule has 1 saturated carbocycles. The fraction of sp³-hybridized carbons (Fsp3) is 0.304. The van der Waals surface area contributed by atoms with E-state index in [4.69, 9.17) is 10.7 Å². The summed E-state index contributed by atoms with van der Waals surface area (Å²) in [7, 11) is 0. The maximum atomic E-state index is 12.8. The smallest absolute Gasteiger partial charge is 0.257 e. The van der Waals surface area contributed by atoms with Gasteiger partial charge in [0.2, 0.25) is 0 Å². The highest BCUT2D eigenvalue weighted by Crippen LogP contribution is 2.39. The Morgan fingerprint density at radius 2 is 2.00 bits per heavy atom. The van der Waals surface area contributed by atoms with Crippen LogP contribution in [0.15, 0.2) is 41.6 Å². The number of nitrogen functional groups attached to an aromatic ring is 1. The van der Waals surface area contributed by atoms with Crippen molar-refractivity contribution in [3.8, 4) is 11.1 Å². The third-order valence-electron chi connectivity index (χ3n) is 6.26. The average molecular weight is 401 g/mol. The Kier molecular flexibility index (Phi) is 4.47. The number of pyridine rings is 2. The number of nitrogens with one attached hydrogen (secondary N) is 1. The van der Waals surface area contributed by atoms with E-state index in [1.54, 1.807) is 12.3 Å². The number of hydrogen-bond acceptors (Lipinski definition) is 6. The molecular weight excluding hydrogens is 378 g/mol. The van der Waals surface area contributed by atoms with Crippen molar-refractivity contribution in [1.29, 1.82) is 0 Å². The Labute approximate surface area is 173 Å². The number of nitrogens with two attached hydrogens (primary N) is 1. The van der Waals surface area contributed by atoms with E-state index in [1.807, 2.05) is 19.1 Å². The molecule has 3 aromatic heterocycles. The van der Waals surface area contributed by atoms with Gasteiger partial charge in [0, 0.05) is 22.5 Å². The highest BCUT2D eigenvalue weighted by atomic mass is 16.3. The predicted octanol–water partition coefficient (Wildman–Crippen LogP) is 3.44. The van der Waals surface area contributed by atoms with Gasteiger partial charge in [-0.15, -0.1) is 0 Å². The molecule has 0 unspecified atom stereocenters. The Morgan fingerprint density at radius 3 is 2.80 bits per heavy atom. The lowest BCUT2D eigenvalue weighted by atomic mass is 9.81. The highest BCUT2D eigenvalue weighted by molar-refractivity contribution is 5.96.